The van der Waals surface area contributed by atoms with Crippen LogP contribution >= 0.6 is 11.6 Å². The number of amides is 1. The fraction of sp³-hybridized carbons (Fsp3) is 0.462. The lowest BCUT2D eigenvalue weighted by Gasteiger charge is -2.20. The Labute approximate surface area is 131 Å². The summed E-state index contributed by atoms with van der Waals surface area (Å²) in [5.41, 5.74) is -1.34. The summed E-state index contributed by atoms with van der Waals surface area (Å²) in [7, 11) is 0. The van der Waals surface area contributed by atoms with Gasteiger partial charge in [-0.3, -0.25) is 25.0 Å². The van der Waals surface area contributed by atoms with Crippen LogP contribution in [-0.4, -0.2) is 33.7 Å². The Morgan fingerprint density at radius 2 is 1.64 bits per heavy atom. The zero-order valence-corrected chi connectivity index (χ0v) is 12.4. The van der Waals surface area contributed by atoms with Gasteiger partial charge in [-0.05, 0) is 12.8 Å². The van der Waals surface area contributed by atoms with E-state index >= 15 is 0 Å². The molecule has 9 heteroatoms. The quantitative estimate of drug-likeness (QED) is 0.626. The molecule has 1 aromatic rings. The highest BCUT2D eigenvalue weighted by molar-refractivity contribution is 6.36. The Kier molecular flexibility index (Phi) is 4.92. The van der Waals surface area contributed by atoms with Crippen LogP contribution in [0.15, 0.2) is 12.1 Å². The standard InChI is InChI=1S/C13H14ClN3O5/c14-12-10(13(18)15-5-3-1-2-4-6-15)7-9(16(19)20)8-11(12)17(21)22/h7-8H,1-6H2. The Bertz CT molecular complexity index is 626. The van der Waals surface area contributed by atoms with Crippen molar-refractivity contribution in [2.75, 3.05) is 13.1 Å². The molecular formula is C13H14ClN3O5. The average molecular weight is 328 g/mol. The molecule has 2 rings (SSSR count). The van der Waals surface area contributed by atoms with E-state index in [1.54, 1.807) is 4.90 Å². The molecule has 0 saturated carbocycles. The van der Waals surface area contributed by atoms with Crippen molar-refractivity contribution in [1.29, 1.82) is 0 Å². The molecule has 1 aliphatic heterocycles. The normalized spacial score (nSPS) is 15.2. The van der Waals surface area contributed by atoms with Gasteiger partial charge >= 0.3 is 0 Å². The summed E-state index contributed by atoms with van der Waals surface area (Å²) in [5.74, 6) is -0.501. The Morgan fingerprint density at radius 3 is 2.14 bits per heavy atom. The zero-order chi connectivity index (χ0) is 16.3. The van der Waals surface area contributed by atoms with Crippen molar-refractivity contribution in [3.05, 3.63) is 42.9 Å². The molecule has 0 radical (unpaired) electrons. The predicted octanol–water partition coefficient (Wildman–Crippen LogP) is 3.17. The van der Waals surface area contributed by atoms with Crippen LogP contribution < -0.4 is 0 Å². The number of carbonyl (C=O) groups is 1. The highest BCUT2D eigenvalue weighted by atomic mass is 35.5. The van der Waals surface area contributed by atoms with Crippen LogP contribution in [0.3, 0.4) is 0 Å². The minimum absolute atomic E-state index is 0.190. The Morgan fingerprint density at radius 1 is 1.05 bits per heavy atom. The molecule has 0 N–H and O–H groups in total. The third-order valence-electron chi connectivity index (χ3n) is 3.57. The molecule has 8 nitrogen and oxygen atoms in total. The summed E-state index contributed by atoms with van der Waals surface area (Å²) < 4.78 is 0. The molecule has 118 valence electrons. The van der Waals surface area contributed by atoms with Gasteiger partial charge in [-0.1, -0.05) is 24.4 Å². The van der Waals surface area contributed by atoms with E-state index in [1.165, 1.54) is 0 Å². The van der Waals surface area contributed by atoms with Crippen molar-refractivity contribution < 1.29 is 14.6 Å². The molecule has 0 atom stereocenters. The Hall–Kier alpha value is -2.22. The van der Waals surface area contributed by atoms with Gasteiger partial charge in [0.05, 0.1) is 21.5 Å². The van der Waals surface area contributed by atoms with Crippen molar-refractivity contribution >= 4 is 28.9 Å². The third kappa shape index (κ3) is 3.33. The third-order valence-corrected chi connectivity index (χ3v) is 3.97. The van der Waals surface area contributed by atoms with E-state index in [9.17, 15) is 25.0 Å². The molecule has 1 heterocycles. The van der Waals surface area contributed by atoms with Crippen molar-refractivity contribution in [3.63, 3.8) is 0 Å². The van der Waals surface area contributed by atoms with Gasteiger partial charge in [-0.2, -0.15) is 0 Å². The largest absolute Gasteiger partial charge is 0.339 e. The van der Waals surface area contributed by atoms with Crippen LogP contribution in [0.1, 0.15) is 36.0 Å². The molecule has 1 aliphatic rings. The fourth-order valence-electron chi connectivity index (χ4n) is 2.43. The topological polar surface area (TPSA) is 107 Å². The van der Waals surface area contributed by atoms with E-state index in [1.807, 2.05) is 0 Å². The number of carbonyl (C=O) groups excluding carboxylic acids is 1. The first-order valence-electron chi connectivity index (χ1n) is 6.83. The number of nitro benzene ring substituents is 2. The lowest BCUT2D eigenvalue weighted by molar-refractivity contribution is -0.394. The smallest absolute Gasteiger partial charge is 0.295 e. The van der Waals surface area contributed by atoms with Gasteiger partial charge in [0.15, 0.2) is 0 Å². The molecule has 0 unspecified atom stereocenters. The molecule has 1 aromatic carbocycles. The zero-order valence-electron chi connectivity index (χ0n) is 11.7. The number of nitrogens with zero attached hydrogens (tertiary/aromatic N) is 3. The van der Waals surface area contributed by atoms with E-state index in [4.69, 9.17) is 11.6 Å². The van der Waals surface area contributed by atoms with Crippen LogP contribution in [0.5, 0.6) is 0 Å². The van der Waals surface area contributed by atoms with Gasteiger partial charge in [-0.25, -0.2) is 0 Å². The van der Waals surface area contributed by atoms with E-state index in [2.05, 4.69) is 0 Å². The van der Waals surface area contributed by atoms with Crippen LogP contribution in [0.2, 0.25) is 5.02 Å². The van der Waals surface area contributed by atoms with Crippen LogP contribution in [-0.2, 0) is 0 Å². The Balaban J connectivity index is 2.45. The molecule has 1 fully saturated rings. The first-order valence-corrected chi connectivity index (χ1v) is 7.21. The highest BCUT2D eigenvalue weighted by Crippen LogP contribution is 2.33. The van der Waals surface area contributed by atoms with Gasteiger partial charge in [0.25, 0.3) is 17.3 Å². The molecule has 0 spiro atoms. The number of rotatable bonds is 3. The SMILES string of the molecule is O=C(c1cc([N+](=O)[O-])cc([N+](=O)[O-])c1Cl)N1CCCCCC1. The second-order valence-corrected chi connectivity index (χ2v) is 5.43. The van der Waals surface area contributed by atoms with Gasteiger partial charge in [0, 0.05) is 19.2 Å². The van der Waals surface area contributed by atoms with Gasteiger partial charge in [0.2, 0.25) is 0 Å². The second kappa shape index (κ2) is 6.69. The number of non-ortho nitro benzene ring substituents is 1. The number of nitro groups is 2. The molecule has 1 saturated heterocycles. The maximum atomic E-state index is 12.5. The molecule has 1 amide bonds. The van der Waals surface area contributed by atoms with Gasteiger partial charge in [0.1, 0.15) is 5.02 Å². The number of benzene rings is 1. The minimum atomic E-state index is -0.825. The lowest BCUT2D eigenvalue weighted by Crippen LogP contribution is -2.32. The number of likely N-dealkylation sites (tertiary alicyclic amines) is 1. The molecule has 0 aliphatic carbocycles. The van der Waals surface area contributed by atoms with Crippen LogP contribution in [0.4, 0.5) is 11.4 Å². The summed E-state index contributed by atoms with van der Waals surface area (Å²) in [4.78, 5) is 34.3. The first kappa shape index (κ1) is 16.2. The summed E-state index contributed by atoms with van der Waals surface area (Å²) in [6, 6.07) is 1.77. The molecular weight excluding hydrogens is 314 g/mol. The number of halogens is 1. The highest BCUT2D eigenvalue weighted by Gasteiger charge is 2.28. The van der Waals surface area contributed by atoms with Crippen LogP contribution in [0, 0.1) is 20.2 Å². The van der Waals surface area contributed by atoms with E-state index in [0.717, 1.165) is 37.8 Å². The van der Waals surface area contributed by atoms with Crippen molar-refractivity contribution in [2.45, 2.75) is 25.7 Å². The summed E-state index contributed by atoms with van der Waals surface area (Å²) in [6.45, 7) is 1.04. The van der Waals surface area contributed by atoms with Gasteiger partial charge < -0.3 is 4.90 Å². The maximum absolute atomic E-state index is 12.5. The number of hydrogen-bond donors (Lipinski definition) is 0. The van der Waals surface area contributed by atoms with Crippen molar-refractivity contribution in [2.24, 2.45) is 0 Å². The van der Waals surface area contributed by atoms with Crippen molar-refractivity contribution in [3.8, 4) is 0 Å². The predicted molar refractivity (Wildman–Crippen MR) is 79.1 cm³/mol. The van der Waals surface area contributed by atoms with E-state index < -0.39 is 27.1 Å². The van der Waals surface area contributed by atoms with Crippen molar-refractivity contribution in [1.82, 2.24) is 4.90 Å². The average Bonchev–Trinajstić information content (AvgIpc) is 2.75. The molecule has 0 aromatic heterocycles. The lowest BCUT2D eigenvalue weighted by atomic mass is 10.1. The maximum Gasteiger partial charge on any atom is 0.295 e. The second-order valence-electron chi connectivity index (χ2n) is 5.05. The van der Waals surface area contributed by atoms with Gasteiger partial charge in [-0.15, -0.1) is 0 Å². The molecule has 0 bridgehead atoms. The monoisotopic (exact) mass is 327 g/mol. The summed E-state index contributed by atoms with van der Waals surface area (Å²) in [6.07, 6.45) is 3.68. The minimum Gasteiger partial charge on any atom is -0.339 e. The summed E-state index contributed by atoms with van der Waals surface area (Å²) >= 11 is 5.92. The van der Waals surface area contributed by atoms with E-state index in [-0.39, 0.29) is 10.6 Å². The number of hydrogen-bond acceptors (Lipinski definition) is 5. The molecule has 22 heavy (non-hydrogen) atoms. The van der Waals surface area contributed by atoms with E-state index in [0.29, 0.717) is 13.1 Å². The van der Waals surface area contributed by atoms with Crippen LogP contribution in [0.25, 0.3) is 0 Å². The first-order chi connectivity index (χ1) is 10.4. The summed E-state index contributed by atoms with van der Waals surface area (Å²) in [5, 5.41) is 21.5. The fourth-order valence-corrected chi connectivity index (χ4v) is 2.69.